The highest BCUT2D eigenvalue weighted by Crippen LogP contribution is 2.25. The molecule has 1 aliphatic heterocycles. The van der Waals surface area contributed by atoms with E-state index >= 15 is 0 Å². The van der Waals surface area contributed by atoms with E-state index < -0.39 is 6.10 Å². The molecule has 1 heterocycles. The minimum Gasteiger partial charge on any atom is -0.388 e. The summed E-state index contributed by atoms with van der Waals surface area (Å²) in [7, 11) is 0. The van der Waals surface area contributed by atoms with Crippen molar-refractivity contribution in [2.75, 3.05) is 26.2 Å². The smallest absolute Gasteiger partial charge is 0.222 e. The lowest BCUT2D eigenvalue weighted by molar-refractivity contribution is -0.133. The van der Waals surface area contributed by atoms with Crippen LogP contribution in [0.15, 0.2) is 24.3 Å². The molecule has 1 saturated heterocycles. The van der Waals surface area contributed by atoms with Crippen molar-refractivity contribution in [3.05, 3.63) is 34.9 Å². The second-order valence-corrected chi connectivity index (χ2v) is 7.40. The Morgan fingerprint density at radius 1 is 1.12 bits per heavy atom. The van der Waals surface area contributed by atoms with Crippen molar-refractivity contribution >= 4 is 29.9 Å². The molecule has 6 heteroatoms. The van der Waals surface area contributed by atoms with Gasteiger partial charge in [0.15, 0.2) is 0 Å². The number of carbonyl (C=O) groups excluding carboxylic acids is 1. The molecule has 140 valence electrons. The van der Waals surface area contributed by atoms with Gasteiger partial charge < -0.3 is 10.0 Å². The van der Waals surface area contributed by atoms with Crippen molar-refractivity contribution in [1.29, 1.82) is 0 Å². The van der Waals surface area contributed by atoms with Crippen LogP contribution in [0.3, 0.4) is 0 Å². The zero-order valence-corrected chi connectivity index (χ0v) is 16.1. The van der Waals surface area contributed by atoms with E-state index in [1.807, 2.05) is 17.0 Å². The average Bonchev–Trinajstić information content (AvgIpc) is 3.15. The second kappa shape index (κ2) is 9.77. The van der Waals surface area contributed by atoms with Gasteiger partial charge in [0, 0.05) is 43.7 Å². The van der Waals surface area contributed by atoms with Crippen LogP contribution in [0.5, 0.6) is 0 Å². The van der Waals surface area contributed by atoms with Crippen molar-refractivity contribution in [3.8, 4) is 0 Å². The third kappa shape index (κ3) is 5.58. The molecule has 1 aromatic carbocycles. The Bertz CT molecular complexity index is 539. The van der Waals surface area contributed by atoms with Crippen molar-refractivity contribution in [1.82, 2.24) is 9.80 Å². The fourth-order valence-electron chi connectivity index (χ4n) is 3.88. The number of nitrogens with zero attached hydrogens (tertiary/aromatic N) is 2. The number of rotatable bonds is 5. The van der Waals surface area contributed by atoms with Crippen LogP contribution >= 0.6 is 24.0 Å². The number of benzene rings is 1. The molecule has 2 aliphatic rings. The van der Waals surface area contributed by atoms with E-state index in [-0.39, 0.29) is 18.3 Å². The lowest BCUT2D eigenvalue weighted by atomic mass is 10.0. The van der Waals surface area contributed by atoms with Gasteiger partial charge in [-0.3, -0.25) is 9.69 Å². The summed E-state index contributed by atoms with van der Waals surface area (Å²) in [5, 5.41) is 10.9. The minimum atomic E-state index is -0.606. The van der Waals surface area contributed by atoms with Crippen LogP contribution < -0.4 is 0 Å². The number of amides is 1. The Kier molecular flexibility index (Phi) is 8.01. The normalized spacial score (nSPS) is 20.3. The highest BCUT2D eigenvalue weighted by Gasteiger charge is 2.27. The van der Waals surface area contributed by atoms with Gasteiger partial charge in [0.2, 0.25) is 5.91 Å². The third-order valence-corrected chi connectivity index (χ3v) is 5.65. The Hall–Kier alpha value is -0.810. The van der Waals surface area contributed by atoms with Crippen molar-refractivity contribution in [3.63, 3.8) is 0 Å². The molecule has 0 aromatic heterocycles. The van der Waals surface area contributed by atoms with Gasteiger partial charge >= 0.3 is 0 Å². The number of carbonyl (C=O) groups is 1. The molecule has 1 N–H and O–H groups in total. The lowest BCUT2D eigenvalue weighted by Crippen LogP contribution is -2.51. The molecular weight excluding hydrogens is 359 g/mol. The predicted octanol–water partition coefficient (Wildman–Crippen LogP) is 3.66. The van der Waals surface area contributed by atoms with Gasteiger partial charge in [0.25, 0.3) is 0 Å². The Labute approximate surface area is 161 Å². The first-order valence-corrected chi connectivity index (χ1v) is 9.46. The number of hydrogen-bond donors (Lipinski definition) is 1. The number of halogens is 2. The standard InChI is InChI=1S/C19H27ClN2O2.ClH/c20-16-7-5-15(6-8-16)18(23)9-10-19(24)22-13-11-21(12-14-22)17-3-1-2-4-17;/h5-8,17-18,23H,1-4,9-14H2;1H. The van der Waals surface area contributed by atoms with Crippen LogP contribution in [0.2, 0.25) is 5.02 Å². The molecular formula is C19H28Cl2N2O2. The maximum atomic E-state index is 12.4. The van der Waals surface area contributed by atoms with E-state index in [0.717, 1.165) is 37.8 Å². The van der Waals surface area contributed by atoms with E-state index in [4.69, 9.17) is 11.6 Å². The van der Waals surface area contributed by atoms with Gasteiger partial charge in [-0.2, -0.15) is 0 Å². The predicted molar refractivity (Wildman–Crippen MR) is 103 cm³/mol. The van der Waals surface area contributed by atoms with E-state index in [9.17, 15) is 9.90 Å². The maximum Gasteiger partial charge on any atom is 0.222 e. The van der Waals surface area contributed by atoms with Crippen molar-refractivity contribution < 1.29 is 9.90 Å². The topological polar surface area (TPSA) is 43.8 Å². The first-order chi connectivity index (χ1) is 11.6. The van der Waals surface area contributed by atoms with Crippen LogP contribution in [0, 0.1) is 0 Å². The van der Waals surface area contributed by atoms with Gasteiger partial charge in [0.05, 0.1) is 6.10 Å². The zero-order chi connectivity index (χ0) is 16.9. The first-order valence-electron chi connectivity index (χ1n) is 9.09. The molecule has 1 aromatic rings. The van der Waals surface area contributed by atoms with Crippen molar-refractivity contribution in [2.45, 2.75) is 50.7 Å². The maximum absolute atomic E-state index is 12.4. The van der Waals surface area contributed by atoms with Crippen LogP contribution in [-0.2, 0) is 4.79 Å². The summed E-state index contributed by atoms with van der Waals surface area (Å²) in [5.41, 5.74) is 0.818. The Morgan fingerprint density at radius 2 is 1.72 bits per heavy atom. The zero-order valence-electron chi connectivity index (χ0n) is 14.6. The quantitative estimate of drug-likeness (QED) is 0.839. The average molecular weight is 387 g/mol. The third-order valence-electron chi connectivity index (χ3n) is 5.39. The molecule has 0 bridgehead atoms. The molecule has 1 saturated carbocycles. The monoisotopic (exact) mass is 386 g/mol. The molecule has 3 rings (SSSR count). The SMILES string of the molecule is Cl.O=C(CCC(O)c1ccc(Cl)cc1)N1CCN(C2CCCC2)CC1. The van der Waals surface area contributed by atoms with Crippen LogP contribution in [0.25, 0.3) is 0 Å². The summed E-state index contributed by atoms with van der Waals surface area (Å²) in [5.74, 6) is 0.161. The van der Waals surface area contributed by atoms with Gasteiger partial charge in [-0.15, -0.1) is 12.4 Å². The number of hydrogen-bond acceptors (Lipinski definition) is 3. The molecule has 0 radical (unpaired) electrons. The van der Waals surface area contributed by atoms with E-state index in [1.54, 1.807) is 12.1 Å². The summed E-state index contributed by atoms with van der Waals surface area (Å²) in [4.78, 5) is 16.9. The second-order valence-electron chi connectivity index (χ2n) is 6.96. The van der Waals surface area contributed by atoms with Crippen LogP contribution in [0.4, 0.5) is 0 Å². The number of aliphatic hydroxyl groups excluding tert-OH is 1. The Morgan fingerprint density at radius 3 is 2.32 bits per heavy atom. The van der Waals surface area contributed by atoms with Crippen molar-refractivity contribution in [2.24, 2.45) is 0 Å². The molecule has 1 atom stereocenters. The summed E-state index contributed by atoms with van der Waals surface area (Å²) in [6.07, 6.45) is 5.60. The van der Waals surface area contributed by atoms with E-state index in [1.165, 1.54) is 25.7 Å². The number of piperazine rings is 1. The first kappa shape index (κ1) is 20.5. The highest BCUT2D eigenvalue weighted by molar-refractivity contribution is 6.30. The van der Waals surface area contributed by atoms with E-state index in [0.29, 0.717) is 17.9 Å². The largest absolute Gasteiger partial charge is 0.388 e. The molecule has 25 heavy (non-hydrogen) atoms. The van der Waals surface area contributed by atoms with Gasteiger partial charge in [0.1, 0.15) is 0 Å². The van der Waals surface area contributed by atoms with E-state index in [2.05, 4.69) is 4.90 Å². The summed E-state index contributed by atoms with van der Waals surface area (Å²) >= 11 is 5.86. The van der Waals surface area contributed by atoms with Gasteiger partial charge in [-0.05, 0) is 37.0 Å². The van der Waals surface area contributed by atoms with Gasteiger partial charge in [-0.25, -0.2) is 0 Å². The van der Waals surface area contributed by atoms with Gasteiger partial charge in [-0.1, -0.05) is 36.6 Å². The lowest BCUT2D eigenvalue weighted by Gasteiger charge is -2.38. The number of aliphatic hydroxyl groups is 1. The summed E-state index contributed by atoms with van der Waals surface area (Å²) in [6.45, 7) is 3.64. The molecule has 0 spiro atoms. The molecule has 2 fully saturated rings. The fourth-order valence-corrected chi connectivity index (χ4v) is 4.00. The molecule has 4 nitrogen and oxygen atoms in total. The fraction of sp³-hybridized carbons (Fsp3) is 0.632. The Balaban J connectivity index is 0.00000225. The minimum absolute atomic E-state index is 0. The summed E-state index contributed by atoms with van der Waals surface area (Å²) in [6, 6.07) is 7.92. The molecule has 1 unspecified atom stereocenters. The molecule has 1 amide bonds. The van der Waals surface area contributed by atoms with Crippen LogP contribution in [0.1, 0.15) is 50.2 Å². The van der Waals surface area contributed by atoms with Crippen LogP contribution in [-0.4, -0.2) is 53.0 Å². The highest BCUT2D eigenvalue weighted by atomic mass is 35.5. The summed E-state index contributed by atoms with van der Waals surface area (Å²) < 4.78 is 0. The molecule has 1 aliphatic carbocycles.